The number of carbonyl (C=O) groups is 1. The van der Waals surface area contributed by atoms with E-state index < -0.39 is 0 Å². The fourth-order valence-electron chi connectivity index (χ4n) is 2.23. The summed E-state index contributed by atoms with van der Waals surface area (Å²) in [5.41, 5.74) is 0.761. The van der Waals surface area contributed by atoms with Gasteiger partial charge in [-0.1, -0.05) is 45.4 Å². The summed E-state index contributed by atoms with van der Waals surface area (Å²) in [6, 6.07) is 5.52. The van der Waals surface area contributed by atoms with Crippen molar-refractivity contribution in [2.75, 3.05) is 7.11 Å². The van der Waals surface area contributed by atoms with E-state index in [1.54, 1.807) is 7.11 Å². The molecule has 0 saturated carbocycles. The van der Waals surface area contributed by atoms with Gasteiger partial charge in [0.25, 0.3) is 0 Å². The van der Waals surface area contributed by atoms with Crippen LogP contribution in [-0.2, 0) is 0 Å². The summed E-state index contributed by atoms with van der Waals surface area (Å²) in [6.07, 6.45) is 9.27. The zero-order valence-electron chi connectivity index (χ0n) is 12.6. The van der Waals surface area contributed by atoms with Crippen LogP contribution in [0.1, 0.15) is 68.6 Å². The minimum atomic E-state index is 0.216. The Morgan fingerprint density at radius 1 is 1.10 bits per heavy atom. The third-order valence-electron chi connectivity index (χ3n) is 3.48. The Labute approximate surface area is 131 Å². The van der Waals surface area contributed by atoms with Crippen molar-refractivity contribution in [3.8, 4) is 5.75 Å². The van der Waals surface area contributed by atoms with Crippen LogP contribution in [0.5, 0.6) is 5.75 Å². The van der Waals surface area contributed by atoms with Crippen molar-refractivity contribution in [2.45, 2.75) is 58.3 Å². The van der Waals surface area contributed by atoms with Crippen LogP contribution < -0.4 is 4.74 Å². The fourth-order valence-corrected chi connectivity index (χ4v) is 2.81. The number of hydrogen-bond donors (Lipinski definition) is 0. The number of benzene rings is 1. The van der Waals surface area contributed by atoms with E-state index in [-0.39, 0.29) is 5.78 Å². The summed E-state index contributed by atoms with van der Waals surface area (Å²) in [5, 5.41) is 0. The van der Waals surface area contributed by atoms with Crippen LogP contribution in [0.4, 0.5) is 0 Å². The number of halogens is 1. The van der Waals surface area contributed by atoms with E-state index in [9.17, 15) is 4.79 Å². The van der Waals surface area contributed by atoms with Crippen LogP contribution in [0.3, 0.4) is 0 Å². The molecule has 0 unspecified atom stereocenters. The van der Waals surface area contributed by atoms with Gasteiger partial charge in [0, 0.05) is 16.5 Å². The summed E-state index contributed by atoms with van der Waals surface area (Å²) >= 11 is 3.44. The van der Waals surface area contributed by atoms with Gasteiger partial charge in [0.1, 0.15) is 5.75 Å². The molecule has 0 atom stereocenters. The standard InChI is InChI=1S/C17H25BrO2/c1-3-4-5-6-7-8-9-10-17(19)15-12-11-14(20-2)13-16(15)18/h11-13H,3-10H2,1-2H3. The third kappa shape index (κ3) is 6.08. The highest BCUT2D eigenvalue weighted by Crippen LogP contribution is 2.24. The lowest BCUT2D eigenvalue weighted by molar-refractivity contribution is 0.0978. The SMILES string of the molecule is CCCCCCCCCC(=O)c1ccc(OC)cc1Br. The topological polar surface area (TPSA) is 26.3 Å². The quantitative estimate of drug-likeness (QED) is 0.398. The number of unbranched alkanes of at least 4 members (excludes halogenated alkanes) is 6. The summed E-state index contributed by atoms with van der Waals surface area (Å²) < 4.78 is 5.96. The molecule has 0 N–H and O–H groups in total. The molecular weight excluding hydrogens is 316 g/mol. The van der Waals surface area contributed by atoms with Crippen molar-refractivity contribution >= 4 is 21.7 Å². The molecule has 0 aliphatic rings. The second-order valence-electron chi connectivity index (χ2n) is 5.14. The molecule has 0 aliphatic heterocycles. The molecule has 1 aromatic carbocycles. The van der Waals surface area contributed by atoms with Crippen molar-refractivity contribution in [3.63, 3.8) is 0 Å². The predicted octanol–water partition coefficient (Wildman–Crippen LogP) is 5.78. The minimum Gasteiger partial charge on any atom is -0.497 e. The van der Waals surface area contributed by atoms with Crippen LogP contribution in [0.15, 0.2) is 22.7 Å². The average molecular weight is 341 g/mol. The predicted molar refractivity (Wildman–Crippen MR) is 87.6 cm³/mol. The van der Waals surface area contributed by atoms with Gasteiger partial charge in [-0.25, -0.2) is 0 Å². The van der Waals surface area contributed by atoms with E-state index in [1.807, 2.05) is 18.2 Å². The van der Waals surface area contributed by atoms with Crippen molar-refractivity contribution in [1.29, 1.82) is 0 Å². The number of ketones is 1. The first-order chi connectivity index (χ1) is 9.69. The lowest BCUT2D eigenvalue weighted by Gasteiger charge is -2.06. The van der Waals surface area contributed by atoms with Crippen LogP contribution in [0, 0.1) is 0 Å². The first-order valence-corrected chi connectivity index (χ1v) is 8.35. The van der Waals surface area contributed by atoms with E-state index >= 15 is 0 Å². The molecule has 0 radical (unpaired) electrons. The number of Topliss-reactive ketones (excluding diaryl/α,β-unsaturated/α-hetero) is 1. The molecule has 1 aromatic rings. The first-order valence-electron chi connectivity index (χ1n) is 7.55. The lowest BCUT2D eigenvalue weighted by Crippen LogP contribution is -2.00. The van der Waals surface area contributed by atoms with Gasteiger partial charge >= 0.3 is 0 Å². The van der Waals surface area contributed by atoms with E-state index in [2.05, 4.69) is 22.9 Å². The maximum atomic E-state index is 12.1. The molecule has 0 fully saturated rings. The molecular formula is C17H25BrO2. The second kappa shape index (κ2) is 9.98. The Balaban J connectivity index is 2.29. The molecule has 3 heteroatoms. The minimum absolute atomic E-state index is 0.216. The molecule has 2 nitrogen and oxygen atoms in total. The molecule has 1 rings (SSSR count). The van der Waals surface area contributed by atoms with Gasteiger partial charge in [-0.15, -0.1) is 0 Å². The van der Waals surface area contributed by atoms with Crippen molar-refractivity contribution < 1.29 is 9.53 Å². The maximum Gasteiger partial charge on any atom is 0.164 e. The van der Waals surface area contributed by atoms with Gasteiger partial charge in [0.05, 0.1) is 7.11 Å². The van der Waals surface area contributed by atoms with Crippen LogP contribution in [-0.4, -0.2) is 12.9 Å². The summed E-state index contributed by atoms with van der Waals surface area (Å²) in [7, 11) is 1.63. The second-order valence-corrected chi connectivity index (χ2v) is 5.99. The Bertz CT molecular complexity index is 415. The van der Waals surface area contributed by atoms with Gasteiger partial charge in [-0.2, -0.15) is 0 Å². The smallest absolute Gasteiger partial charge is 0.164 e. The molecule has 0 aliphatic carbocycles. The molecule has 112 valence electrons. The molecule has 20 heavy (non-hydrogen) atoms. The van der Waals surface area contributed by atoms with Gasteiger partial charge < -0.3 is 4.74 Å². The normalized spacial score (nSPS) is 10.6. The number of rotatable bonds is 10. The summed E-state index contributed by atoms with van der Waals surface area (Å²) in [5.74, 6) is 0.984. The van der Waals surface area contributed by atoms with E-state index in [0.29, 0.717) is 6.42 Å². The fraction of sp³-hybridized carbons (Fsp3) is 0.588. The van der Waals surface area contributed by atoms with Crippen LogP contribution in [0.2, 0.25) is 0 Å². The van der Waals surface area contributed by atoms with Gasteiger partial charge in [0.15, 0.2) is 5.78 Å². The number of methoxy groups -OCH3 is 1. The van der Waals surface area contributed by atoms with Gasteiger partial charge in [-0.3, -0.25) is 4.79 Å². The highest BCUT2D eigenvalue weighted by molar-refractivity contribution is 9.10. The number of hydrogen-bond acceptors (Lipinski definition) is 2. The van der Waals surface area contributed by atoms with E-state index in [4.69, 9.17) is 4.74 Å². The zero-order valence-corrected chi connectivity index (χ0v) is 14.2. The summed E-state index contributed by atoms with van der Waals surface area (Å²) in [4.78, 5) is 12.1. The first kappa shape index (κ1) is 17.2. The zero-order chi connectivity index (χ0) is 14.8. The molecule has 0 amide bonds. The highest BCUT2D eigenvalue weighted by atomic mass is 79.9. The van der Waals surface area contributed by atoms with Crippen molar-refractivity contribution in [3.05, 3.63) is 28.2 Å². The van der Waals surface area contributed by atoms with E-state index in [1.165, 1.54) is 32.1 Å². The molecule has 0 spiro atoms. The van der Waals surface area contributed by atoms with Gasteiger partial charge in [0.2, 0.25) is 0 Å². The Morgan fingerprint density at radius 2 is 1.75 bits per heavy atom. The third-order valence-corrected chi connectivity index (χ3v) is 4.14. The van der Waals surface area contributed by atoms with Crippen LogP contribution in [0.25, 0.3) is 0 Å². The lowest BCUT2D eigenvalue weighted by atomic mass is 10.0. The molecule has 0 bridgehead atoms. The highest BCUT2D eigenvalue weighted by Gasteiger charge is 2.10. The van der Waals surface area contributed by atoms with Crippen LogP contribution >= 0.6 is 15.9 Å². The molecule has 0 heterocycles. The van der Waals surface area contributed by atoms with Crippen molar-refractivity contribution in [2.24, 2.45) is 0 Å². The molecule has 0 saturated heterocycles. The monoisotopic (exact) mass is 340 g/mol. The Morgan fingerprint density at radius 3 is 2.35 bits per heavy atom. The van der Waals surface area contributed by atoms with E-state index in [0.717, 1.165) is 28.6 Å². The molecule has 0 aromatic heterocycles. The summed E-state index contributed by atoms with van der Waals surface area (Å²) in [6.45, 7) is 2.23. The number of carbonyl (C=O) groups excluding carboxylic acids is 1. The average Bonchev–Trinajstić information content (AvgIpc) is 2.45. The van der Waals surface area contributed by atoms with Gasteiger partial charge in [-0.05, 0) is 40.5 Å². The Hall–Kier alpha value is -0.830. The maximum absolute atomic E-state index is 12.1. The number of ether oxygens (including phenoxy) is 1. The Kier molecular flexibility index (Phi) is 8.59. The largest absolute Gasteiger partial charge is 0.497 e. The van der Waals surface area contributed by atoms with Crippen molar-refractivity contribution in [1.82, 2.24) is 0 Å².